The van der Waals surface area contributed by atoms with Crippen LogP contribution < -0.4 is 0 Å². The van der Waals surface area contributed by atoms with Crippen LogP contribution in [0.4, 0.5) is 0 Å². The highest BCUT2D eigenvalue weighted by molar-refractivity contribution is 5.69. The number of hydrogen-bond acceptors (Lipinski definition) is 3. The van der Waals surface area contributed by atoms with Crippen LogP contribution in [-0.2, 0) is 14.3 Å². The van der Waals surface area contributed by atoms with E-state index in [1.54, 1.807) is 0 Å². The molecule has 1 N–H and O–H groups in total. The molecule has 0 aliphatic rings. The van der Waals surface area contributed by atoms with Crippen LogP contribution in [0.3, 0.4) is 0 Å². The average Bonchev–Trinajstić information content (AvgIpc) is 2.88. The van der Waals surface area contributed by atoms with Crippen LogP contribution in [0, 0.1) is 0 Å². The predicted octanol–water partition coefficient (Wildman–Crippen LogP) is 10.7. The van der Waals surface area contributed by atoms with Crippen molar-refractivity contribution < 1.29 is 19.4 Å². The van der Waals surface area contributed by atoms with Crippen molar-refractivity contribution in [3.8, 4) is 0 Å². The Kier molecular flexibility index (Phi) is 28.2. The maximum absolute atomic E-state index is 12.4. The lowest BCUT2D eigenvalue weighted by Gasteiger charge is -2.18. The van der Waals surface area contributed by atoms with Crippen molar-refractivity contribution in [2.45, 2.75) is 187 Å². The quantitative estimate of drug-likeness (QED) is 0.0602. The summed E-state index contributed by atoms with van der Waals surface area (Å²) in [6.45, 7) is 4.50. The Morgan fingerprint density at radius 2 is 0.973 bits per heavy atom. The number of carbonyl (C=O) groups is 2. The molecule has 0 spiro atoms. The van der Waals surface area contributed by atoms with Gasteiger partial charge in [0.15, 0.2) is 0 Å². The minimum absolute atomic E-state index is 0.0407. The first-order chi connectivity index (χ1) is 18.1. The van der Waals surface area contributed by atoms with E-state index in [-0.39, 0.29) is 18.5 Å². The van der Waals surface area contributed by atoms with Gasteiger partial charge in [0.05, 0.1) is 0 Å². The zero-order valence-electron chi connectivity index (χ0n) is 24.8. The number of ether oxygens (including phenoxy) is 1. The van der Waals surface area contributed by atoms with Gasteiger partial charge in [-0.25, -0.2) is 0 Å². The van der Waals surface area contributed by atoms with E-state index in [1.807, 2.05) is 0 Å². The van der Waals surface area contributed by atoms with Crippen LogP contribution in [0.5, 0.6) is 0 Å². The smallest absolute Gasteiger partial charge is 0.306 e. The lowest BCUT2D eigenvalue weighted by atomic mass is 10.0. The molecule has 4 heteroatoms. The van der Waals surface area contributed by atoms with Crippen molar-refractivity contribution in [3.05, 3.63) is 12.2 Å². The molecule has 0 rings (SSSR count). The van der Waals surface area contributed by atoms with Crippen LogP contribution in [0.25, 0.3) is 0 Å². The second kappa shape index (κ2) is 29.2. The van der Waals surface area contributed by atoms with Gasteiger partial charge in [0.1, 0.15) is 6.10 Å². The zero-order valence-corrected chi connectivity index (χ0v) is 24.8. The molecule has 4 nitrogen and oxygen atoms in total. The Morgan fingerprint density at radius 3 is 1.51 bits per heavy atom. The van der Waals surface area contributed by atoms with Crippen LogP contribution >= 0.6 is 0 Å². The van der Waals surface area contributed by atoms with Gasteiger partial charge >= 0.3 is 11.9 Å². The molecule has 1 atom stereocenters. The predicted molar refractivity (Wildman–Crippen MR) is 158 cm³/mol. The SMILES string of the molecule is CCCCCC/C=C\CCCCCCCCC(=O)OC(CCCCCCCCCC)CCCCC(=O)O. The first-order valence-corrected chi connectivity index (χ1v) is 16.2. The van der Waals surface area contributed by atoms with Gasteiger partial charge in [-0.05, 0) is 64.2 Å². The van der Waals surface area contributed by atoms with Crippen molar-refractivity contribution in [1.82, 2.24) is 0 Å². The third kappa shape index (κ3) is 29.1. The number of unbranched alkanes of at least 4 members (excludes halogenated alkanes) is 18. The summed E-state index contributed by atoms with van der Waals surface area (Å²) in [7, 11) is 0. The fourth-order valence-electron chi connectivity index (χ4n) is 4.82. The van der Waals surface area contributed by atoms with Gasteiger partial charge in [-0.1, -0.05) is 116 Å². The molecular weight excluding hydrogens is 460 g/mol. The van der Waals surface area contributed by atoms with Crippen LogP contribution in [0.15, 0.2) is 12.2 Å². The topological polar surface area (TPSA) is 63.6 Å². The van der Waals surface area contributed by atoms with E-state index in [9.17, 15) is 9.59 Å². The summed E-state index contributed by atoms with van der Waals surface area (Å²) < 4.78 is 5.84. The number of esters is 1. The van der Waals surface area contributed by atoms with Gasteiger partial charge in [0, 0.05) is 12.8 Å². The molecule has 0 aromatic rings. The van der Waals surface area contributed by atoms with E-state index < -0.39 is 5.97 Å². The summed E-state index contributed by atoms with van der Waals surface area (Å²) in [5.41, 5.74) is 0. The molecule has 0 aromatic carbocycles. The van der Waals surface area contributed by atoms with Crippen LogP contribution in [0.2, 0.25) is 0 Å². The monoisotopic (exact) mass is 522 g/mol. The Balaban J connectivity index is 3.89. The van der Waals surface area contributed by atoms with Crippen molar-refractivity contribution in [3.63, 3.8) is 0 Å². The van der Waals surface area contributed by atoms with Crippen molar-refractivity contribution >= 4 is 11.9 Å². The van der Waals surface area contributed by atoms with E-state index >= 15 is 0 Å². The number of carbonyl (C=O) groups excluding carboxylic acids is 1. The van der Waals surface area contributed by atoms with Crippen molar-refractivity contribution in [2.24, 2.45) is 0 Å². The summed E-state index contributed by atoms with van der Waals surface area (Å²) in [6, 6.07) is 0. The Hall–Kier alpha value is -1.32. The molecule has 0 saturated carbocycles. The lowest BCUT2D eigenvalue weighted by molar-refractivity contribution is -0.150. The number of rotatable bonds is 29. The van der Waals surface area contributed by atoms with Gasteiger partial charge in [-0.15, -0.1) is 0 Å². The molecule has 0 heterocycles. The van der Waals surface area contributed by atoms with Crippen molar-refractivity contribution in [2.75, 3.05) is 0 Å². The van der Waals surface area contributed by atoms with E-state index in [4.69, 9.17) is 9.84 Å². The molecular formula is C33H62O4. The van der Waals surface area contributed by atoms with E-state index in [0.29, 0.717) is 12.8 Å². The fraction of sp³-hybridized carbons (Fsp3) is 0.879. The molecule has 0 aromatic heterocycles. The van der Waals surface area contributed by atoms with Gasteiger partial charge in [-0.2, -0.15) is 0 Å². The fourth-order valence-corrected chi connectivity index (χ4v) is 4.82. The largest absolute Gasteiger partial charge is 0.481 e. The summed E-state index contributed by atoms with van der Waals surface area (Å²) in [4.78, 5) is 23.2. The third-order valence-corrected chi connectivity index (χ3v) is 7.24. The Morgan fingerprint density at radius 1 is 0.568 bits per heavy atom. The van der Waals surface area contributed by atoms with E-state index in [2.05, 4.69) is 26.0 Å². The van der Waals surface area contributed by atoms with E-state index in [1.165, 1.54) is 109 Å². The average molecular weight is 523 g/mol. The first kappa shape index (κ1) is 35.7. The van der Waals surface area contributed by atoms with Crippen LogP contribution in [0.1, 0.15) is 181 Å². The number of carboxylic acids is 1. The van der Waals surface area contributed by atoms with Crippen molar-refractivity contribution in [1.29, 1.82) is 0 Å². The highest BCUT2D eigenvalue weighted by atomic mass is 16.5. The third-order valence-electron chi connectivity index (χ3n) is 7.24. The number of aliphatic carboxylic acids is 1. The second-order valence-corrected chi connectivity index (χ2v) is 11.0. The zero-order chi connectivity index (χ0) is 27.2. The van der Waals surface area contributed by atoms with Gasteiger partial charge < -0.3 is 9.84 Å². The lowest BCUT2D eigenvalue weighted by Crippen LogP contribution is -2.18. The Bertz CT molecular complexity index is 528. The minimum atomic E-state index is -0.745. The standard InChI is InChI=1S/C33H62O4/c1-3-5-7-9-11-13-14-15-16-17-18-20-22-24-30-33(36)37-31(28-25-26-29-32(34)35)27-23-21-19-12-10-8-6-4-2/h13-14,31H,3-12,15-30H2,1-2H3,(H,34,35)/b14-13-. The van der Waals surface area contributed by atoms with Gasteiger partial charge in [-0.3, -0.25) is 9.59 Å². The van der Waals surface area contributed by atoms with Gasteiger partial charge in [0.25, 0.3) is 0 Å². The number of hydrogen-bond donors (Lipinski definition) is 1. The molecule has 0 aliphatic heterocycles. The molecule has 0 bridgehead atoms. The second-order valence-electron chi connectivity index (χ2n) is 11.0. The molecule has 0 saturated heterocycles. The first-order valence-electron chi connectivity index (χ1n) is 16.2. The molecule has 0 amide bonds. The molecule has 37 heavy (non-hydrogen) atoms. The molecule has 0 radical (unpaired) electrons. The molecule has 1 unspecified atom stereocenters. The maximum Gasteiger partial charge on any atom is 0.306 e. The molecule has 0 aliphatic carbocycles. The summed E-state index contributed by atoms with van der Waals surface area (Å²) in [6.07, 6.45) is 33.6. The van der Waals surface area contributed by atoms with Gasteiger partial charge in [0.2, 0.25) is 0 Å². The number of carboxylic acid groups (broad SMARTS) is 1. The number of allylic oxidation sites excluding steroid dienone is 2. The highest BCUT2D eigenvalue weighted by Crippen LogP contribution is 2.18. The molecule has 218 valence electrons. The summed E-state index contributed by atoms with van der Waals surface area (Å²) >= 11 is 0. The maximum atomic E-state index is 12.4. The Labute approximate surface area is 230 Å². The molecule has 0 fully saturated rings. The van der Waals surface area contributed by atoms with E-state index in [0.717, 1.165) is 38.5 Å². The normalized spacial score (nSPS) is 12.3. The summed E-state index contributed by atoms with van der Waals surface area (Å²) in [5.74, 6) is -0.808. The summed E-state index contributed by atoms with van der Waals surface area (Å²) in [5, 5.41) is 8.87. The minimum Gasteiger partial charge on any atom is -0.481 e. The highest BCUT2D eigenvalue weighted by Gasteiger charge is 2.14. The van der Waals surface area contributed by atoms with Crippen LogP contribution in [-0.4, -0.2) is 23.1 Å².